The molecule has 0 saturated carbocycles. The van der Waals surface area contributed by atoms with Gasteiger partial charge in [-0.15, -0.1) is 0 Å². The third-order valence-electron chi connectivity index (χ3n) is 7.33. The predicted molar refractivity (Wildman–Crippen MR) is 126 cm³/mol. The molecule has 186 valence electrons. The molecule has 0 aliphatic carbocycles. The maximum absolute atomic E-state index is 13.4. The quantitative estimate of drug-likeness (QED) is 0.530. The van der Waals surface area contributed by atoms with Crippen LogP contribution in [0.15, 0.2) is 18.2 Å². The molecule has 11 heteroatoms. The SMILES string of the molecule is NC1CCCN(C(=O)CN2CCN(c3cccc4c3C(=O)N(C3CCC(=O)NC3=O)C4=O)CC2)C1. The van der Waals surface area contributed by atoms with Gasteiger partial charge in [0.2, 0.25) is 17.7 Å². The van der Waals surface area contributed by atoms with Crippen molar-refractivity contribution in [3.05, 3.63) is 29.3 Å². The third kappa shape index (κ3) is 4.41. The highest BCUT2D eigenvalue weighted by molar-refractivity contribution is 6.25. The number of nitrogens with two attached hydrogens (primary N) is 1. The van der Waals surface area contributed by atoms with Crippen LogP contribution in [0.2, 0.25) is 0 Å². The van der Waals surface area contributed by atoms with Gasteiger partial charge in [0.1, 0.15) is 6.04 Å². The summed E-state index contributed by atoms with van der Waals surface area (Å²) in [5.41, 5.74) is 7.24. The molecule has 5 amide bonds. The van der Waals surface area contributed by atoms with Crippen molar-refractivity contribution in [3.8, 4) is 0 Å². The molecule has 35 heavy (non-hydrogen) atoms. The van der Waals surface area contributed by atoms with E-state index in [4.69, 9.17) is 5.73 Å². The van der Waals surface area contributed by atoms with Gasteiger partial charge in [0.05, 0.1) is 23.4 Å². The second-order valence-electron chi connectivity index (χ2n) is 9.65. The van der Waals surface area contributed by atoms with Crippen molar-refractivity contribution < 1.29 is 24.0 Å². The zero-order valence-corrected chi connectivity index (χ0v) is 19.6. The van der Waals surface area contributed by atoms with Crippen LogP contribution >= 0.6 is 0 Å². The number of piperidine rings is 2. The summed E-state index contributed by atoms with van der Waals surface area (Å²) in [5, 5.41) is 2.22. The molecule has 4 aliphatic heterocycles. The van der Waals surface area contributed by atoms with Gasteiger partial charge in [0, 0.05) is 51.7 Å². The fraction of sp³-hybridized carbons (Fsp3) is 0.542. The highest BCUT2D eigenvalue weighted by Crippen LogP contribution is 2.34. The van der Waals surface area contributed by atoms with Crippen molar-refractivity contribution in [1.82, 2.24) is 20.0 Å². The molecular formula is C24H30N6O5. The molecule has 3 N–H and O–H groups in total. The Morgan fingerprint density at radius 3 is 2.49 bits per heavy atom. The van der Waals surface area contributed by atoms with Crippen LogP contribution < -0.4 is 16.0 Å². The monoisotopic (exact) mass is 482 g/mol. The standard InChI is InChI=1S/C24H30N6O5/c25-15-3-2-8-29(13-15)20(32)14-27-9-11-28(12-10-27)17-5-1-4-16-21(17)24(35)30(23(16)34)18-6-7-19(31)26-22(18)33/h1,4-5,15,18H,2-3,6-14,25H2,(H,26,31,33). The third-order valence-corrected chi connectivity index (χ3v) is 7.33. The van der Waals surface area contributed by atoms with Crippen molar-refractivity contribution >= 4 is 35.2 Å². The second kappa shape index (κ2) is 9.38. The molecule has 4 aliphatic rings. The number of carbonyl (C=O) groups is 5. The summed E-state index contributed by atoms with van der Waals surface area (Å²) < 4.78 is 0. The number of nitrogens with one attached hydrogen (secondary N) is 1. The van der Waals surface area contributed by atoms with Crippen LogP contribution in [0.4, 0.5) is 5.69 Å². The number of imide groups is 2. The highest BCUT2D eigenvalue weighted by atomic mass is 16.2. The Morgan fingerprint density at radius 2 is 1.77 bits per heavy atom. The van der Waals surface area contributed by atoms with Gasteiger partial charge in [0.15, 0.2) is 0 Å². The minimum atomic E-state index is -0.987. The number of nitrogens with zero attached hydrogens (tertiary/aromatic N) is 4. The van der Waals surface area contributed by atoms with Crippen LogP contribution in [0.5, 0.6) is 0 Å². The van der Waals surface area contributed by atoms with E-state index in [1.807, 2.05) is 11.0 Å². The lowest BCUT2D eigenvalue weighted by atomic mass is 10.0. The Balaban J connectivity index is 1.26. The maximum Gasteiger partial charge on any atom is 0.264 e. The Kier molecular flexibility index (Phi) is 6.28. The molecule has 0 aromatic heterocycles. The number of hydrogen-bond acceptors (Lipinski definition) is 8. The smallest absolute Gasteiger partial charge is 0.264 e. The van der Waals surface area contributed by atoms with Crippen molar-refractivity contribution in [2.24, 2.45) is 5.73 Å². The van der Waals surface area contributed by atoms with Gasteiger partial charge in [0.25, 0.3) is 11.8 Å². The number of hydrogen-bond donors (Lipinski definition) is 2. The average Bonchev–Trinajstić information content (AvgIpc) is 3.10. The fourth-order valence-corrected chi connectivity index (χ4v) is 5.44. The van der Waals surface area contributed by atoms with Crippen molar-refractivity contribution in [2.45, 2.75) is 37.8 Å². The minimum Gasteiger partial charge on any atom is -0.368 e. The average molecular weight is 483 g/mol. The molecule has 3 fully saturated rings. The molecule has 0 spiro atoms. The summed E-state index contributed by atoms with van der Waals surface area (Å²) in [5.74, 6) is -1.94. The van der Waals surface area contributed by atoms with E-state index < -0.39 is 29.7 Å². The predicted octanol–water partition coefficient (Wildman–Crippen LogP) is -0.840. The first-order valence-corrected chi connectivity index (χ1v) is 12.2. The van der Waals surface area contributed by atoms with E-state index in [2.05, 4.69) is 15.1 Å². The molecule has 4 heterocycles. The summed E-state index contributed by atoms with van der Waals surface area (Å²) >= 11 is 0. The number of amides is 5. The van der Waals surface area contributed by atoms with Gasteiger partial charge in [-0.25, -0.2) is 0 Å². The molecule has 1 aromatic rings. The highest BCUT2D eigenvalue weighted by Gasteiger charge is 2.46. The lowest BCUT2D eigenvalue weighted by Crippen LogP contribution is -2.54. The Labute approximate surface area is 203 Å². The molecule has 2 atom stereocenters. The Hall–Kier alpha value is -3.31. The van der Waals surface area contributed by atoms with E-state index in [0.717, 1.165) is 24.3 Å². The summed E-state index contributed by atoms with van der Waals surface area (Å²) in [6.07, 6.45) is 2.09. The van der Waals surface area contributed by atoms with E-state index in [1.165, 1.54) is 0 Å². The summed E-state index contributed by atoms with van der Waals surface area (Å²) in [6, 6.07) is 4.21. The molecular weight excluding hydrogens is 452 g/mol. The van der Waals surface area contributed by atoms with Crippen LogP contribution in [0.25, 0.3) is 0 Å². The summed E-state index contributed by atoms with van der Waals surface area (Å²) in [7, 11) is 0. The molecule has 3 saturated heterocycles. The molecule has 0 bridgehead atoms. The summed E-state index contributed by atoms with van der Waals surface area (Å²) in [4.78, 5) is 70.0. The number of rotatable bonds is 4. The zero-order valence-electron chi connectivity index (χ0n) is 19.6. The van der Waals surface area contributed by atoms with Crippen molar-refractivity contribution in [3.63, 3.8) is 0 Å². The van der Waals surface area contributed by atoms with E-state index in [-0.39, 0.29) is 30.4 Å². The zero-order chi connectivity index (χ0) is 24.7. The second-order valence-corrected chi connectivity index (χ2v) is 9.65. The first kappa shape index (κ1) is 23.4. The van der Waals surface area contributed by atoms with Crippen LogP contribution in [-0.2, 0) is 14.4 Å². The number of benzene rings is 1. The van der Waals surface area contributed by atoms with Crippen LogP contribution in [0.1, 0.15) is 46.4 Å². The topological polar surface area (TPSA) is 136 Å². The molecule has 0 radical (unpaired) electrons. The van der Waals surface area contributed by atoms with Crippen LogP contribution in [0, 0.1) is 0 Å². The van der Waals surface area contributed by atoms with E-state index in [9.17, 15) is 24.0 Å². The van der Waals surface area contributed by atoms with Gasteiger partial charge in [-0.1, -0.05) is 6.07 Å². The summed E-state index contributed by atoms with van der Waals surface area (Å²) in [6.45, 7) is 4.19. The van der Waals surface area contributed by atoms with Gasteiger partial charge in [-0.05, 0) is 31.4 Å². The van der Waals surface area contributed by atoms with Gasteiger partial charge < -0.3 is 15.5 Å². The number of piperazine rings is 1. The largest absolute Gasteiger partial charge is 0.368 e. The first-order valence-electron chi connectivity index (χ1n) is 12.2. The van der Waals surface area contributed by atoms with Gasteiger partial charge in [-0.3, -0.25) is 39.1 Å². The fourth-order valence-electron chi connectivity index (χ4n) is 5.44. The molecule has 11 nitrogen and oxygen atoms in total. The Bertz CT molecular complexity index is 1080. The normalized spacial score (nSPS) is 25.7. The molecule has 2 unspecified atom stereocenters. The number of likely N-dealkylation sites (tertiary alicyclic amines) is 1. The minimum absolute atomic E-state index is 0.0460. The number of carbonyl (C=O) groups excluding carboxylic acids is 5. The number of fused-ring (bicyclic) bond motifs is 1. The van der Waals surface area contributed by atoms with Crippen molar-refractivity contribution in [1.29, 1.82) is 0 Å². The Morgan fingerprint density at radius 1 is 1.00 bits per heavy atom. The van der Waals surface area contributed by atoms with E-state index >= 15 is 0 Å². The first-order chi connectivity index (χ1) is 16.8. The number of anilines is 1. The molecule has 1 aromatic carbocycles. The van der Waals surface area contributed by atoms with Crippen LogP contribution in [-0.4, -0.2) is 102 Å². The maximum atomic E-state index is 13.4. The lowest BCUT2D eigenvalue weighted by Gasteiger charge is -2.38. The van der Waals surface area contributed by atoms with E-state index in [0.29, 0.717) is 50.5 Å². The van der Waals surface area contributed by atoms with E-state index in [1.54, 1.807) is 12.1 Å². The molecule has 5 rings (SSSR count). The van der Waals surface area contributed by atoms with Gasteiger partial charge in [-0.2, -0.15) is 0 Å². The lowest BCUT2D eigenvalue weighted by molar-refractivity contribution is -0.136. The van der Waals surface area contributed by atoms with Crippen LogP contribution in [0.3, 0.4) is 0 Å². The van der Waals surface area contributed by atoms with Crippen molar-refractivity contribution in [2.75, 3.05) is 50.7 Å². The van der Waals surface area contributed by atoms with Gasteiger partial charge >= 0.3 is 0 Å².